The Balaban J connectivity index is 1.80. The fourth-order valence-corrected chi connectivity index (χ4v) is 3.48. The fourth-order valence-electron chi connectivity index (χ4n) is 2.71. The molecule has 2 aromatic carbocycles. The summed E-state index contributed by atoms with van der Waals surface area (Å²) in [5.74, 6) is -0.780. The minimum atomic E-state index is -2.66. The molecule has 0 saturated heterocycles. The average molecular weight is 458 g/mol. The molecule has 0 aliphatic carbocycles. The van der Waals surface area contributed by atoms with Crippen molar-refractivity contribution in [1.29, 1.82) is 0 Å². The molecule has 0 atom stereocenters. The van der Waals surface area contributed by atoms with Gasteiger partial charge in [0.25, 0.3) is 0 Å². The summed E-state index contributed by atoms with van der Waals surface area (Å²) in [5.41, 5.74) is 4.43. The van der Waals surface area contributed by atoms with Gasteiger partial charge in [-0.15, -0.1) is 0 Å². The van der Waals surface area contributed by atoms with Crippen molar-refractivity contribution in [2.24, 2.45) is 0 Å². The lowest BCUT2D eigenvalue weighted by Crippen LogP contribution is -2.00. The van der Waals surface area contributed by atoms with Crippen molar-refractivity contribution in [1.82, 2.24) is 0 Å². The lowest BCUT2D eigenvalue weighted by Gasteiger charge is -2.07. The number of benzene rings is 2. The molecular weight excluding hydrogens is 431 g/mol. The summed E-state index contributed by atoms with van der Waals surface area (Å²) >= 11 is 0. The highest BCUT2D eigenvalue weighted by atomic mass is 31.1. The van der Waals surface area contributed by atoms with E-state index in [0.29, 0.717) is 11.1 Å². The van der Waals surface area contributed by atoms with E-state index in [9.17, 15) is 14.2 Å². The molecule has 0 amide bonds. The summed E-state index contributed by atoms with van der Waals surface area (Å²) < 4.78 is 32.0. The Labute approximate surface area is 188 Å². The molecule has 0 fully saturated rings. The quantitative estimate of drug-likeness (QED) is 0.358. The Morgan fingerprint density at radius 3 is 1.38 bits per heavy atom. The molecule has 0 aromatic heterocycles. The first kappa shape index (κ1) is 25.3. The maximum Gasteiger partial charge on any atom is 0.337 e. The van der Waals surface area contributed by atoms with Crippen LogP contribution in [0.3, 0.4) is 0 Å². The second-order valence-electron chi connectivity index (χ2n) is 7.04. The molecule has 0 spiro atoms. The predicted octanol–water partition coefficient (Wildman–Crippen LogP) is 5.19. The largest absolute Gasteiger partial charge is 0.465 e. The third-order valence-corrected chi connectivity index (χ3v) is 5.09. The van der Waals surface area contributed by atoms with Gasteiger partial charge in [0.05, 0.1) is 38.6 Å². The molecule has 0 saturated carbocycles. The van der Waals surface area contributed by atoms with Crippen LogP contribution in [0.1, 0.15) is 45.7 Å². The first-order valence-electron chi connectivity index (χ1n) is 9.83. The molecule has 2 rings (SSSR count). The molecular formula is C24H27O7P. The molecule has 7 nitrogen and oxygen atoms in total. The van der Waals surface area contributed by atoms with Crippen molar-refractivity contribution in [3.63, 3.8) is 0 Å². The lowest BCUT2D eigenvalue weighted by molar-refractivity contribution is 0.0592. The van der Waals surface area contributed by atoms with Gasteiger partial charge in [-0.3, -0.25) is 4.57 Å². The van der Waals surface area contributed by atoms with E-state index in [1.807, 2.05) is 26.0 Å². The van der Waals surface area contributed by atoms with Crippen LogP contribution in [-0.2, 0) is 23.1 Å². The summed E-state index contributed by atoms with van der Waals surface area (Å²) in [6.07, 6.45) is 3.75. The third-order valence-electron chi connectivity index (χ3n) is 4.33. The molecule has 2 aromatic rings. The SMILES string of the molecule is COC(=O)c1ccc(C=C(C)CO[PH](=O)OCC(C)=Cc2ccc(C(=O)OC)cc2)cc1. The van der Waals surface area contributed by atoms with Gasteiger partial charge < -0.3 is 18.5 Å². The topological polar surface area (TPSA) is 88.1 Å². The number of carbonyl (C=O) groups is 2. The second-order valence-corrected chi connectivity index (χ2v) is 8.11. The zero-order valence-corrected chi connectivity index (χ0v) is 19.5. The highest BCUT2D eigenvalue weighted by Gasteiger charge is 2.06. The average Bonchev–Trinajstić information content (AvgIpc) is 2.81. The molecule has 0 aliphatic rings. The lowest BCUT2D eigenvalue weighted by atomic mass is 10.1. The van der Waals surface area contributed by atoms with Gasteiger partial charge in [0.1, 0.15) is 0 Å². The van der Waals surface area contributed by atoms with Gasteiger partial charge in [0, 0.05) is 0 Å². The van der Waals surface area contributed by atoms with E-state index in [-0.39, 0.29) is 25.2 Å². The normalized spacial score (nSPS) is 12.9. The summed E-state index contributed by atoms with van der Waals surface area (Å²) in [6.45, 7) is 4.03. The van der Waals surface area contributed by atoms with Gasteiger partial charge in [-0.25, -0.2) is 9.59 Å². The Hall–Kier alpha value is -2.99. The Morgan fingerprint density at radius 2 is 1.06 bits per heavy atom. The van der Waals surface area contributed by atoms with Crippen LogP contribution >= 0.6 is 8.25 Å². The Kier molecular flexibility index (Phi) is 10.1. The van der Waals surface area contributed by atoms with Crippen LogP contribution in [0.15, 0.2) is 59.7 Å². The first-order chi connectivity index (χ1) is 15.3. The van der Waals surface area contributed by atoms with Gasteiger partial charge in [0.2, 0.25) is 0 Å². The molecule has 0 bridgehead atoms. The summed E-state index contributed by atoms with van der Waals surface area (Å²) in [6, 6.07) is 13.9. The molecule has 0 N–H and O–H groups in total. The number of rotatable bonds is 10. The van der Waals surface area contributed by atoms with Gasteiger partial charge in [0.15, 0.2) is 0 Å². The van der Waals surface area contributed by atoms with Gasteiger partial charge >= 0.3 is 20.2 Å². The van der Waals surface area contributed by atoms with E-state index in [1.165, 1.54) is 14.2 Å². The molecule has 0 aliphatic heterocycles. The first-order valence-corrected chi connectivity index (χ1v) is 11.1. The van der Waals surface area contributed by atoms with Crippen LogP contribution in [0.5, 0.6) is 0 Å². The standard InChI is InChI=1S/C24H27O7P/c1-17(13-19-5-9-21(10-6-19)23(25)28-3)15-30-32(27)31-16-18(2)14-20-7-11-22(12-8-20)24(26)29-4/h5-14,32H,15-16H2,1-4H3. The van der Waals surface area contributed by atoms with E-state index in [2.05, 4.69) is 9.47 Å². The minimum Gasteiger partial charge on any atom is -0.465 e. The maximum absolute atomic E-state index is 12.0. The van der Waals surface area contributed by atoms with Gasteiger partial charge in [-0.05, 0) is 60.4 Å². The van der Waals surface area contributed by atoms with E-state index < -0.39 is 8.25 Å². The fraction of sp³-hybridized carbons (Fsp3) is 0.250. The third kappa shape index (κ3) is 8.27. The van der Waals surface area contributed by atoms with Crippen LogP contribution in [0.4, 0.5) is 0 Å². The molecule has 0 radical (unpaired) electrons. The highest BCUT2D eigenvalue weighted by molar-refractivity contribution is 7.33. The van der Waals surface area contributed by atoms with E-state index in [4.69, 9.17) is 9.05 Å². The Bertz CT molecular complexity index is 924. The molecule has 32 heavy (non-hydrogen) atoms. The molecule has 0 unspecified atom stereocenters. The second kappa shape index (κ2) is 12.8. The van der Waals surface area contributed by atoms with Crippen molar-refractivity contribution in [2.75, 3.05) is 27.4 Å². The van der Waals surface area contributed by atoms with Crippen LogP contribution in [-0.4, -0.2) is 39.4 Å². The van der Waals surface area contributed by atoms with Crippen molar-refractivity contribution in [2.45, 2.75) is 13.8 Å². The van der Waals surface area contributed by atoms with Crippen LogP contribution in [0.2, 0.25) is 0 Å². The number of methoxy groups -OCH3 is 2. The Morgan fingerprint density at radius 1 is 0.719 bits per heavy atom. The highest BCUT2D eigenvalue weighted by Crippen LogP contribution is 2.26. The van der Waals surface area contributed by atoms with E-state index in [1.54, 1.807) is 48.5 Å². The van der Waals surface area contributed by atoms with Crippen LogP contribution in [0, 0.1) is 0 Å². The smallest absolute Gasteiger partial charge is 0.337 e. The number of ether oxygens (including phenoxy) is 2. The summed E-state index contributed by atoms with van der Waals surface area (Å²) in [7, 11) is 0.0139. The van der Waals surface area contributed by atoms with Crippen LogP contribution < -0.4 is 0 Å². The van der Waals surface area contributed by atoms with Crippen molar-refractivity contribution in [3.05, 3.63) is 81.9 Å². The number of hydrogen-bond donors (Lipinski definition) is 0. The molecule has 8 heteroatoms. The maximum atomic E-state index is 12.0. The number of esters is 2. The van der Waals surface area contributed by atoms with Crippen molar-refractivity contribution < 1.29 is 32.7 Å². The minimum absolute atomic E-state index is 0.161. The summed E-state index contributed by atoms with van der Waals surface area (Å²) in [5, 5.41) is 0. The van der Waals surface area contributed by atoms with E-state index >= 15 is 0 Å². The van der Waals surface area contributed by atoms with Gasteiger partial charge in [-0.2, -0.15) is 0 Å². The summed E-state index contributed by atoms with van der Waals surface area (Å²) in [4.78, 5) is 22.9. The zero-order chi connectivity index (χ0) is 23.5. The van der Waals surface area contributed by atoms with Gasteiger partial charge in [-0.1, -0.05) is 36.4 Å². The zero-order valence-electron chi connectivity index (χ0n) is 18.5. The van der Waals surface area contributed by atoms with Crippen LogP contribution in [0.25, 0.3) is 12.2 Å². The molecule has 0 heterocycles. The van der Waals surface area contributed by atoms with Crippen molar-refractivity contribution in [3.8, 4) is 0 Å². The van der Waals surface area contributed by atoms with Crippen molar-refractivity contribution >= 4 is 32.3 Å². The monoisotopic (exact) mass is 458 g/mol. The van der Waals surface area contributed by atoms with E-state index in [0.717, 1.165) is 22.3 Å². The number of carbonyl (C=O) groups excluding carboxylic acids is 2. The number of hydrogen-bond acceptors (Lipinski definition) is 7. The predicted molar refractivity (Wildman–Crippen MR) is 124 cm³/mol. The molecule has 170 valence electrons.